The van der Waals surface area contributed by atoms with Gasteiger partial charge in [0.2, 0.25) is 0 Å². The third-order valence-corrected chi connectivity index (χ3v) is 4.72. The molecule has 1 unspecified atom stereocenters. The van der Waals surface area contributed by atoms with Crippen LogP contribution in [0.25, 0.3) is 0 Å². The predicted octanol–water partition coefficient (Wildman–Crippen LogP) is 3.49. The first kappa shape index (κ1) is 15.0. The van der Waals surface area contributed by atoms with Crippen LogP contribution < -0.4 is 5.32 Å². The number of rotatable bonds is 4. The Kier molecular flexibility index (Phi) is 5.00. The minimum atomic E-state index is -0.323. The van der Waals surface area contributed by atoms with E-state index in [-0.39, 0.29) is 5.60 Å². The molecule has 4 nitrogen and oxygen atoms in total. The van der Waals surface area contributed by atoms with Crippen LogP contribution in [0.1, 0.15) is 51.0 Å². The number of aromatic nitrogens is 2. The zero-order valence-corrected chi connectivity index (χ0v) is 14.1. The van der Waals surface area contributed by atoms with Gasteiger partial charge in [-0.05, 0) is 55.2 Å². The summed E-state index contributed by atoms with van der Waals surface area (Å²) in [6.07, 6.45) is 5.40. The molecular formula is C14H22IN3O. The van der Waals surface area contributed by atoms with Crippen LogP contribution in [0, 0.1) is 3.57 Å². The van der Waals surface area contributed by atoms with Crippen LogP contribution in [0.2, 0.25) is 0 Å². The molecule has 1 saturated heterocycles. The van der Waals surface area contributed by atoms with Crippen molar-refractivity contribution >= 4 is 28.4 Å². The fourth-order valence-electron chi connectivity index (χ4n) is 2.41. The lowest BCUT2D eigenvalue weighted by atomic mass is 9.95. The van der Waals surface area contributed by atoms with Gasteiger partial charge in [0.25, 0.3) is 0 Å². The van der Waals surface area contributed by atoms with Crippen molar-refractivity contribution in [3.05, 3.63) is 15.1 Å². The first-order valence-electron chi connectivity index (χ1n) is 6.99. The highest BCUT2D eigenvalue weighted by Crippen LogP contribution is 2.34. The molecule has 1 N–H and O–H groups in total. The Balaban J connectivity index is 2.41. The van der Waals surface area contributed by atoms with Crippen molar-refractivity contribution in [2.45, 2.75) is 51.6 Å². The molecule has 1 aliphatic rings. The van der Waals surface area contributed by atoms with Gasteiger partial charge in [0.05, 0.1) is 9.26 Å². The van der Waals surface area contributed by atoms with Gasteiger partial charge in [-0.15, -0.1) is 0 Å². The molecule has 0 saturated carbocycles. The lowest BCUT2D eigenvalue weighted by Gasteiger charge is -2.33. The van der Waals surface area contributed by atoms with Crippen molar-refractivity contribution in [2.24, 2.45) is 0 Å². The summed E-state index contributed by atoms with van der Waals surface area (Å²) in [4.78, 5) is 9.46. The van der Waals surface area contributed by atoms with E-state index < -0.39 is 0 Å². The summed E-state index contributed by atoms with van der Waals surface area (Å²) in [5, 5.41) is 3.18. The largest absolute Gasteiger partial charge is 0.372 e. The monoisotopic (exact) mass is 375 g/mol. The standard InChI is InChI=1S/C14H22IN3O/c1-4-7-10-11(15)12(16-3)18-13(17-10)14(2)8-5-6-9-19-14/h4-9H2,1-3H3,(H,16,17,18). The number of anilines is 1. The van der Waals surface area contributed by atoms with Crippen molar-refractivity contribution in [1.82, 2.24) is 9.97 Å². The molecule has 1 aliphatic heterocycles. The average Bonchev–Trinajstić information content (AvgIpc) is 2.42. The van der Waals surface area contributed by atoms with E-state index in [0.717, 1.165) is 53.2 Å². The smallest absolute Gasteiger partial charge is 0.162 e. The summed E-state index contributed by atoms with van der Waals surface area (Å²) in [7, 11) is 1.91. The fourth-order valence-corrected chi connectivity index (χ4v) is 3.19. The molecule has 106 valence electrons. The number of hydrogen-bond acceptors (Lipinski definition) is 4. The van der Waals surface area contributed by atoms with Gasteiger partial charge in [0, 0.05) is 13.7 Å². The van der Waals surface area contributed by atoms with Gasteiger partial charge < -0.3 is 10.1 Å². The van der Waals surface area contributed by atoms with E-state index in [1.54, 1.807) is 0 Å². The van der Waals surface area contributed by atoms with Crippen molar-refractivity contribution < 1.29 is 4.74 Å². The Morgan fingerprint density at radius 1 is 1.37 bits per heavy atom. The fraction of sp³-hybridized carbons (Fsp3) is 0.714. The predicted molar refractivity (Wildman–Crippen MR) is 85.4 cm³/mol. The van der Waals surface area contributed by atoms with Gasteiger partial charge in [-0.3, -0.25) is 0 Å². The van der Waals surface area contributed by atoms with Gasteiger partial charge in [-0.1, -0.05) is 13.3 Å². The van der Waals surface area contributed by atoms with E-state index in [2.05, 4.69) is 46.7 Å². The zero-order valence-electron chi connectivity index (χ0n) is 11.9. The SMILES string of the molecule is CCCc1nc(C2(C)CCCCO2)nc(NC)c1I. The molecule has 2 heterocycles. The van der Waals surface area contributed by atoms with E-state index in [9.17, 15) is 0 Å². The van der Waals surface area contributed by atoms with Crippen LogP contribution in [-0.4, -0.2) is 23.6 Å². The number of nitrogens with one attached hydrogen (secondary N) is 1. The van der Waals surface area contributed by atoms with Crippen molar-refractivity contribution in [3.8, 4) is 0 Å². The molecule has 1 fully saturated rings. The van der Waals surface area contributed by atoms with E-state index in [1.165, 1.54) is 6.42 Å². The first-order valence-corrected chi connectivity index (χ1v) is 8.07. The van der Waals surface area contributed by atoms with Gasteiger partial charge in [-0.25, -0.2) is 9.97 Å². The molecule has 1 aromatic heterocycles. The molecule has 2 rings (SSSR count). The van der Waals surface area contributed by atoms with Gasteiger partial charge in [0.15, 0.2) is 5.82 Å². The second kappa shape index (κ2) is 6.35. The molecule has 1 atom stereocenters. The molecule has 1 aromatic rings. The van der Waals surface area contributed by atoms with E-state index in [0.29, 0.717) is 0 Å². The lowest BCUT2D eigenvalue weighted by molar-refractivity contribution is -0.0761. The molecule has 5 heteroatoms. The highest BCUT2D eigenvalue weighted by Gasteiger charge is 2.34. The zero-order chi connectivity index (χ0) is 13.9. The third-order valence-electron chi connectivity index (χ3n) is 3.59. The Hall–Kier alpha value is -0.430. The molecular weight excluding hydrogens is 353 g/mol. The highest BCUT2D eigenvalue weighted by molar-refractivity contribution is 14.1. The molecule has 0 aromatic carbocycles. The maximum atomic E-state index is 5.97. The van der Waals surface area contributed by atoms with Gasteiger partial charge >= 0.3 is 0 Å². The second-order valence-corrected chi connectivity index (χ2v) is 6.27. The normalized spacial score (nSPS) is 23.4. The first-order chi connectivity index (χ1) is 9.10. The maximum Gasteiger partial charge on any atom is 0.162 e. The number of hydrogen-bond donors (Lipinski definition) is 1. The minimum absolute atomic E-state index is 0.323. The van der Waals surface area contributed by atoms with Crippen LogP contribution >= 0.6 is 22.6 Å². The molecule has 0 amide bonds. The third kappa shape index (κ3) is 3.18. The Morgan fingerprint density at radius 3 is 2.74 bits per heavy atom. The van der Waals surface area contributed by atoms with E-state index in [1.807, 2.05) is 7.05 Å². The summed E-state index contributed by atoms with van der Waals surface area (Å²) in [6, 6.07) is 0. The number of halogens is 1. The second-order valence-electron chi connectivity index (χ2n) is 5.19. The molecule has 0 radical (unpaired) electrons. The van der Waals surface area contributed by atoms with Gasteiger partial charge in [-0.2, -0.15) is 0 Å². The van der Waals surface area contributed by atoms with Crippen LogP contribution in [0.3, 0.4) is 0 Å². The highest BCUT2D eigenvalue weighted by atomic mass is 127. The average molecular weight is 375 g/mol. The summed E-state index contributed by atoms with van der Waals surface area (Å²) < 4.78 is 7.10. The topological polar surface area (TPSA) is 47.0 Å². The molecule has 19 heavy (non-hydrogen) atoms. The van der Waals surface area contributed by atoms with Crippen molar-refractivity contribution in [1.29, 1.82) is 0 Å². The van der Waals surface area contributed by atoms with Crippen LogP contribution in [0.15, 0.2) is 0 Å². The molecule has 0 spiro atoms. The summed E-state index contributed by atoms with van der Waals surface area (Å²) in [5.74, 6) is 1.75. The Morgan fingerprint density at radius 2 is 2.16 bits per heavy atom. The Bertz CT molecular complexity index is 445. The molecule has 0 bridgehead atoms. The van der Waals surface area contributed by atoms with Crippen LogP contribution in [-0.2, 0) is 16.8 Å². The van der Waals surface area contributed by atoms with Crippen molar-refractivity contribution in [3.63, 3.8) is 0 Å². The lowest BCUT2D eigenvalue weighted by Crippen LogP contribution is -2.33. The van der Waals surface area contributed by atoms with E-state index >= 15 is 0 Å². The quantitative estimate of drug-likeness (QED) is 0.819. The maximum absolute atomic E-state index is 5.97. The summed E-state index contributed by atoms with van der Waals surface area (Å²) in [6.45, 7) is 5.10. The van der Waals surface area contributed by atoms with Crippen molar-refractivity contribution in [2.75, 3.05) is 19.0 Å². The number of ether oxygens (including phenoxy) is 1. The van der Waals surface area contributed by atoms with Crippen LogP contribution in [0.5, 0.6) is 0 Å². The molecule has 0 aliphatic carbocycles. The van der Waals surface area contributed by atoms with E-state index in [4.69, 9.17) is 9.72 Å². The van der Waals surface area contributed by atoms with Crippen LogP contribution in [0.4, 0.5) is 5.82 Å². The summed E-state index contributed by atoms with van der Waals surface area (Å²) >= 11 is 2.33. The number of aryl methyl sites for hydroxylation is 1. The minimum Gasteiger partial charge on any atom is -0.372 e. The Labute approximate surface area is 128 Å². The van der Waals surface area contributed by atoms with Gasteiger partial charge in [0.1, 0.15) is 11.4 Å². The summed E-state index contributed by atoms with van der Waals surface area (Å²) in [5.41, 5.74) is 0.810. The number of nitrogens with zero attached hydrogens (tertiary/aromatic N) is 2.